The first-order valence-corrected chi connectivity index (χ1v) is 8.48. The van der Waals surface area contributed by atoms with Crippen LogP contribution in [-0.4, -0.2) is 35.9 Å². The largest absolute Gasteiger partial charge is 0.217 e. The van der Waals surface area contributed by atoms with E-state index in [0.29, 0.717) is 5.33 Å². The predicted octanol–water partition coefficient (Wildman–Crippen LogP) is 2.75. The Morgan fingerprint density at radius 3 is 2.19 bits per heavy atom. The minimum atomic E-state index is -3.13. The first-order chi connectivity index (χ1) is 7.32. The van der Waals surface area contributed by atoms with Gasteiger partial charge in [-0.05, 0) is 26.7 Å². The number of halogens is 1. The molecule has 0 aliphatic heterocycles. The topological polar surface area (TPSA) is 37.4 Å². The van der Waals surface area contributed by atoms with Gasteiger partial charge < -0.3 is 0 Å². The zero-order chi connectivity index (χ0) is 12.4. The molecule has 0 aromatic heterocycles. The molecule has 0 unspecified atom stereocenters. The van der Waals surface area contributed by atoms with Crippen molar-refractivity contribution < 1.29 is 8.42 Å². The molecule has 0 aromatic rings. The molecule has 0 saturated heterocycles. The quantitative estimate of drug-likeness (QED) is 0.749. The molecule has 5 heteroatoms. The van der Waals surface area contributed by atoms with E-state index in [4.69, 9.17) is 0 Å². The minimum absolute atomic E-state index is 0.162. The standard InChI is InChI=1S/C11H22BrNO2S/c1-11(2,9-12)13(3)16(14,15)10-7-5-4-6-8-10/h10H,4-9H2,1-3H3. The molecule has 96 valence electrons. The van der Waals surface area contributed by atoms with Crippen LogP contribution in [-0.2, 0) is 10.0 Å². The summed E-state index contributed by atoms with van der Waals surface area (Å²) in [5.74, 6) is 0. The van der Waals surface area contributed by atoms with Gasteiger partial charge in [0.2, 0.25) is 10.0 Å². The molecule has 1 rings (SSSR count). The molecule has 3 nitrogen and oxygen atoms in total. The highest BCUT2D eigenvalue weighted by atomic mass is 79.9. The van der Waals surface area contributed by atoms with Gasteiger partial charge in [0.1, 0.15) is 0 Å². The Bertz CT molecular complexity index is 321. The molecule has 0 amide bonds. The number of nitrogens with zero attached hydrogens (tertiary/aromatic N) is 1. The monoisotopic (exact) mass is 311 g/mol. The van der Waals surface area contributed by atoms with E-state index in [1.807, 2.05) is 13.8 Å². The van der Waals surface area contributed by atoms with E-state index in [1.165, 1.54) is 6.42 Å². The van der Waals surface area contributed by atoms with Crippen molar-refractivity contribution in [3.63, 3.8) is 0 Å². The number of rotatable bonds is 4. The van der Waals surface area contributed by atoms with Crippen LogP contribution in [0.5, 0.6) is 0 Å². The van der Waals surface area contributed by atoms with Crippen molar-refractivity contribution >= 4 is 26.0 Å². The van der Waals surface area contributed by atoms with Crippen LogP contribution in [0.15, 0.2) is 0 Å². The second-order valence-corrected chi connectivity index (χ2v) is 8.02. The van der Waals surface area contributed by atoms with Crippen LogP contribution in [0.2, 0.25) is 0 Å². The number of hydrogen-bond acceptors (Lipinski definition) is 2. The Labute approximate surface area is 108 Å². The van der Waals surface area contributed by atoms with Gasteiger partial charge in [-0.25, -0.2) is 8.42 Å². The van der Waals surface area contributed by atoms with Gasteiger partial charge in [-0.2, -0.15) is 4.31 Å². The summed E-state index contributed by atoms with van der Waals surface area (Å²) in [4.78, 5) is 0. The normalized spacial score (nSPS) is 20.3. The summed E-state index contributed by atoms with van der Waals surface area (Å²) < 4.78 is 26.3. The van der Waals surface area contributed by atoms with E-state index < -0.39 is 10.0 Å². The highest BCUT2D eigenvalue weighted by Gasteiger charge is 2.37. The third-order valence-corrected chi connectivity index (χ3v) is 7.48. The van der Waals surface area contributed by atoms with E-state index in [0.717, 1.165) is 25.7 Å². The lowest BCUT2D eigenvalue weighted by atomic mass is 10.0. The molecule has 0 N–H and O–H groups in total. The molecular weight excluding hydrogens is 290 g/mol. The Hall–Kier alpha value is 0.390. The van der Waals surface area contributed by atoms with Crippen molar-refractivity contribution in [3.05, 3.63) is 0 Å². The fraction of sp³-hybridized carbons (Fsp3) is 1.00. The summed E-state index contributed by atoms with van der Waals surface area (Å²) in [6, 6.07) is 0. The summed E-state index contributed by atoms with van der Waals surface area (Å²) >= 11 is 3.38. The fourth-order valence-corrected chi connectivity index (χ4v) is 4.69. The summed E-state index contributed by atoms with van der Waals surface area (Å²) in [5, 5.41) is 0.493. The number of sulfonamides is 1. The number of hydrogen-bond donors (Lipinski definition) is 0. The Kier molecular flexibility index (Phi) is 4.84. The van der Waals surface area contributed by atoms with Crippen LogP contribution in [0.4, 0.5) is 0 Å². The van der Waals surface area contributed by atoms with Crippen LogP contribution >= 0.6 is 15.9 Å². The SMILES string of the molecule is CN(C(C)(C)CBr)S(=O)(=O)C1CCCCC1. The molecule has 1 fully saturated rings. The molecule has 0 radical (unpaired) electrons. The summed E-state index contributed by atoms with van der Waals surface area (Å²) in [6.07, 6.45) is 4.92. The van der Waals surface area contributed by atoms with Crippen molar-refractivity contribution in [1.29, 1.82) is 0 Å². The van der Waals surface area contributed by atoms with E-state index in [2.05, 4.69) is 15.9 Å². The Morgan fingerprint density at radius 1 is 1.25 bits per heavy atom. The molecule has 0 spiro atoms. The highest BCUT2D eigenvalue weighted by Crippen LogP contribution is 2.29. The zero-order valence-corrected chi connectivity index (χ0v) is 12.8. The summed E-state index contributed by atoms with van der Waals surface area (Å²) in [7, 11) is -1.43. The maximum absolute atomic E-state index is 12.4. The second-order valence-electron chi connectivity index (χ2n) is 5.22. The molecule has 0 atom stereocenters. The van der Waals surface area contributed by atoms with Crippen LogP contribution in [0, 0.1) is 0 Å². The lowest BCUT2D eigenvalue weighted by molar-refractivity contribution is 0.291. The van der Waals surface area contributed by atoms with Crippen molar-refractivity contribution in [1.82, 2.24) is 4.31 Å². The smallest absolute Gasteiger partial charge is 0.212 e. The van der Waals surface area contributed by atoms with E-state index in [9.17, 15) is 8.42 Å². The molecule has 0 bridgehead atoms. The van der Waals surface area contributed by atoms with Crippen LogP contribution in [0.1, 0.15) is 46.0 Å². The first-order valence-electron chi connectivity index (χ1n) is 5.86. The molecule has 1 aliphatic rings. The Morgan fingerprint density at radius 2 is 1.75 bits per heavy atom. The van der Waals surface area contributed by atoms with Gasteiger partial charge in [-0.15, -0.1) is 0 Å². The lowest BCUT2D eigenvalue weighted by Crippen LogP contribution is -2.50. The first kappa shape index (κ1) is 14.5. The van der Waals surface area contributed by atoms with Crippen molar-refractivity contribution in [2.45, 2.75) is 56.7 Å². The number of alkyl halides is 1. The van der Waals surface area contributed by atoms with Crippen molar-refractivity contribution in [2.75, 3.05) is 12.4 Å². The van der Waals surface area contributed by atoms with Gasteiger partial charge in [0.15, 0.2) is 0 Å². The maximum Gasteiger partial charge on any atom is 0.217 e. The van der Waals surface area contributed by atoms with Gasteiger partial charge in [-0.3, -0.25) is 0 Å². The minimum Gasteiger partial charge on any atom is -0.212 e. The average Bonchev–Trinajstić information content (AvgIpc) is 2.29. The third kappa shape index (κ3) is 2.99. The zero-order valence-electron chi connectivity index (χ0n) is 10.4. The molecule has 1 saturated carbocycles. The fourth-order valence-electron chi connectivity index (χ4n) is 2.02. The second kappa shape index (κ2) is 5.36. The van der Waals surface area contributed by atoms with Gasteiger partial charge >= 0.3 is 0 Å². The Balaban J connectivity index is 2.84. The van der Waals surface area contributed by atoms with E-state index in [1.54, 1.807) is 11.4 Å². The molecule has 16 heavy (non-hydrogen) atoms. The molecule has 1 aliphatic carbocycles. The summed E-state index contributed by atoms with van der Waals surface area (Å²) in [5.41, 5.74) is -0.351. The van der Waals surface area contributed by atoms with Crippen LogP contribution in [0.3, 0.4) is 0 Å². The lowest BCUT2D eigenvalue weighted by Gasteiger charge is -2.36. The predicted molar refractivity (Wildman–Crippen MR) is 71.4 cm³/mol. The van der Waals surface area contributed by atoms with Gasteiger partial charge in [-0.1, -0.05) is 35.2 Å². The van der Waals surface area contributed by atoms with Crippen molar-refractivity contribution in [2.24, 2.45) is 0 Å². The maximum atomic E-state index is 12.4. The molecular formula is C11H22BrNO2S. The molecule has 0 aromatic carbocycles. The van der Waals surface area contributed by atoms with Gasteiger partial charge in [0, 0.05) is 17.9 Å². The van der Waals surface area contributed by atoms with Gasteiger partial charge in [0.25, 0.3) is 0 Å². The average molecular weight is 312 g/mol. The van der Waals surface area contributed by atoms with Crippen LogP contribution in [0.25, 0.3) is 0 Å². The highest BCUT2D eigenvalue weighted by molar-refractivity contribution is 9.09. The van der Waals surface area contributed by atoms with E-state index in [-0.39, 0.29) is 10.8 Å². The van der Waals surface area contributed by atoms with Crippen LogP contribution < -0.4 is 0 Å². The van der Waals surface area contributed by atoms with E-state index >= 15 is 0 Å². The molecule has 0 heterocycles. The van der Waals surface area contributed by atoms with Gasteiger partial charge in [0.05, 0.1) is 5.25 Å². The summed E-state index contributed by atoms with van der Waals surface area (Å²) in [6.45, 7) is 3.89. The van der Waals surface area contributed by atoms with Crippen molar-refractivity contribution in [3.8, 4) is 0 Å². The third-order valence-electron chi connectivity index (χ3n) is 3.53.